The second-order valence-electron chi connectivity index (χ2n) is 4.49. The Kier molecular flexibility index (Phi) is 3.16. The summed E-state index contributed by atoms with van der Waals surface area (Å²) in [5.41, 5.74) is 3.13. The van der Waals surface area contributed by atoms with Gasteiger partial charge in [0.1, 0.15) is 5.52 Å². The van der Waals surface area contributed by atoms with E-state index in [1.54, 1.807) is 18.5 Å². The van der Waals surface area contributed by atoms with E-state index in [0.29, 0.717) is 17.6 Å². The minimum absolute atomic E-state index is 0.260. The van der Waals surface area contributed by atoms with Crippen LogP contribution in [0.25, 0.3) is 11.1 Å². The van der Waals surface area contributed by atoms with E-state index in [1.807, 2.05) is 31.2 Å². The summed E-state index contributed by atoms with van der Waals surface area (Å²) in [7, 11) is 0. The summed E-state index contributed by atoms with van der Waals surface area (Å²) in [6.45, 7) is 2.31. The molecule has 1 amide bonds. The van der Waals surface area contributed by atoms with Crippen molar-refractivity contribution in [2.24, 2.45) is 0 Å². The zero-order chi connectivity index (χ0) is 13.9. The van der Waals surface area contributed by atoms with E-state index in [2.05, 4.69) is 15.3 Å². The highest BCUT2D eigenvalue weighted by atomic mass is 16.3. The molecule has 0 aromatic carbocycles. The van der Waals surface area contributed by atoms with E-state index >= 15 is 0 Å². The van der Waals surface area contributed by atoms with Crippen LogP contribution in [0.3, 0.4) is 0 Å². The van der Waals surface area contributed by atoms with Gasteiger partial charge in [-0.2, -0.15) is 0 Å². The molecule has 3 heterocycles. The fourth-order valence-corrected chi connectivity index (χ4v) is 1.91. The van der Waals surface area contributed by atoms with Gasteiger partial charge in [0.15, 0.2) is 11.3 Å². The van der Waals surface area contributed by atoms with Crippen molar-refractivity contribution in [2.45, 2.75) is 13.5 Å². The third kappa shape index (κ3) is 2.51. The van der Waals surface area contributed by atoms with Crippen LogP contribution in [0.5, 0.6) is 0 Å². The van der Waals surface area contributed by atoms with Gasteiger partial charge in [-0.05, 0) is 30.7 Å². The molecule has 0 aliphatic carbocycles. The molecule has 0 aliphatic heterocycles. The topological polar surface area (TPSA) is 68.0 Å². The zero-order valence-electron chi connectivity index (χ0n) is 11.0. The van der Waals surface area contributed by atoms with Gasteiger partial charge < -0.3 is 9.73 Å². The molecule has 0 bridgehead atoms. The quantitative estimate of drug-likeness (QED) is 0.791. The number of hydrogen-bond donors (Lipinski definition) is 1. The van der Waals surface area contributed by atoms with Gasteiger partial charge >= 0.3 is 0 Å². The summed E-state index contributed by atoms with van der Waals surface area (Å²) >= 11 is 0. The Morgan fingerprint density at radius 1 is 1.35 bits per heavy atom. The molecular formula is C15H13N3O2. The lowest BCUT2D eigenvalue weighted by molar-refractivity contribution is 0.0925. The Morgan fingerprint density at radius 2 is 2.25 bits per heavy atom. The number of hydrogen-bond acceptors (Lipinski definition) is 4. The monoisotopic (exact) mass is 267 g/mol. The summed E-state index contributed by atoms with van der Waals surface area (Å²) < 4.78 is 5.48. The lowest BCUT2D eigenvalue weighted by atomic mass is 10.3. The number of aryl methyl sites for hydroxylation is 1. The molecule has 3 rings (SSSR count). The van der Waals surface area contributed by atoms with Crippen molar-refractivity contribution in [1.82, 2.24) is 15.3 Å². The zero-order valence-corrected chi connectivity index (χ0v) is 11.0. The number of amides is 1. The van der Waals surface area contributed by atoms with Gasteiger partial charge in [0.2, 0.25) is 0 Å². The van der Waals surface area contributed by atoms with Crippen LogP contribution in [-0.4, -0.2) is 15.9 Å². The van der Waals surface area contributed by atoms with Gasteiger partial charge in [0.25, 0.3) is 5.91 Å². The van der Waals surface area contributed by atoms with E-state index in [1.165, 1.54) is 0 Å². The van der Waals surface area contributed by atoms with E-state index in [9.17, 15) is 4.79 Å². The van der Waals surface area contributed by atoms with Crippen LogP contribution >= 0.6 is 0 Å². The number of fused-ring (bicyclic) bond motifs is 1. The summed E-state index contributed by atoms with van der Waals surface area (Å²) in [6.07, 6.45) is 3.41. The van der Waals surface area contributed by atoms with Gasteiger partial charge in [-0.1, -0.05) is 6.07 Å². The molecule has 20 heavy (non-hydrogen) atoms. The van der Waals surface area contributed by atoms with Crippen molar-refractivity contribution in [2.75, 3.05) is 0 Å². The van der Waals surface area contributed by atoms with Crippen LogP contribution in [0.15, 0.2) is 47.1 Å². The SMILES string of the molecule is Cc1ccc2oc(C(=O)NCc3cccnc3)cc2n1. The molecule has 5 heteroatoms. The van der Waals surface area contributed by atoms with Crippen molar-refractivity contribution in [3.63, 3.8) is 0 Å². The average molecular weight is 267 g/mol. The molecule has 0 unspecified atom stereocenters. The van der Waals surface area contributed by atoms with Gasteiger partial charge in [0.05, 0.1) is 0 Å². The first-order valence-electron chi connectivity index (χ1n) is 6.27. The Labute approximate surface area is 115 Å². The highest BCUT2D eigenvalue weighted by molar-refractivity contribution is 5.95. The third-order valence-corrected chi connectivity index (χ3v) is 2.91. The summed E-state index contributed by atoms with van der Waals surface area (Å²) in [5, 5.41) is 2.79. The number of furan rings is 1. The number of pyridine rings is 2. The molecule has 0 fully saturated rings. The fraction of sp³-hybridized carbons (Fsp3) is 0.133. The minimum atomic E-state index is -0.260. The van der Waals surface area contributed by atoms with Crippen LogP contribution in [0.2, 0.25) is 0 Å². The normalized spacial score (nSPS) is 10.7. The lowest BCUT2D eigenvalue weighted by Gasteiger charge is -2.02. The number of nitrogens with zero attached hydrogens (tertiary/aromatic N) is 2. The van der Waals surface area contributed by atoms with E-state index in [-0.39, 0.29) is 11.7 Å². The number of carbonyl (C=O) groups is 1. The van der Waals surface area contributed by atoms with Crippen molar-refractivity contribution < 1.29 is 9.21 Å². The molecule has 5 nitrogen and oxygen atoms in total. The maximum atomic E-state index is 12.0. The van der Waals surface area contributed by atoms with Crippen molar-refractivity contribution in [1.29, 1.82) is 0 Å². The Bertz CT molecular complexity index is 750. The van der Waals surface area contributed by atoms with E-state index < -0.39 is 0 Å². The van der Waals surface area contributed by atoms with Crippen LogP contribution in [-0.2, 0) is 6.54 Å². The number of nitrogens with one attached hydrogen (secondary N) is 1. The fourth-order valence-electron chi connectivity index (χ4n) is 1.91. The third-order valence-electron chi connectivity index (χ3n) is 2.91. The molecule has 3 aromatic rings. The molecule has 0 spiro atoms. The highest BCUT2D eigenvalue weighted by Gasteiger charge is 2.12. The van der Waals surface area contributed by atoms with E-state index in [4.69, 9.17) is 4.42 Å². The summed E-state index contributed by atoms with van der Waals surface area (Å²) in [6, 6.07) is 9.05. The molecule has 0 aliphatic rings. The molecule has 1 N–H and O–H groups in total. The smallest absolute Gasteiger partial charge is 0.287 e. The standard InChI is InChI=1S/C15H13N3O2/c1-10-4-5-13-12(18-10)7-14(20-13)15(19)17-9-11-3-2-6-16-8-11/h2-8H,9H2,1H3,(H,17,19). The highest BCUT2D eigenvalue weighted by Crippen LogP contribution is 2.17. The maximum absolute atomic E-state index is 12.0. The predicted octanol–water partition coefficient (Wildman–Crippen LogP) is 2.46. The van der Waals surface area contributed by atoms with E-state index in [0.717, 1.165) is 11.3 Å². The Morgan fingerprint density at radius 3 is 3.05 bits per heavy atom. The van der Waals surface area contributed by atoms with Crippen molar-refractivity contribution in [3.8, 4) is 0 Å². The lowest BCUT2D eigenvalue weighted by Crippen LogP contribution is -2.22. The van der Waals surface area contributed by atoms with Crippen LogP contribution in [0.4, 0.5) is 0 Å². The van der Waals surface area contributed by atoms with Gasteiger partial charge in [-0.3, -0.25) is 9.78 Å². The second kappa shape index (κ2) is 5.13. The summed E-state index contributed by atoms with van der Waals surface area (Å²) in [4.78, 5) is 20.3. The van der Waals surface area contributed by atoms with Crippen molar-refractivity contribution in [3.05, 3.63) is 59.7 Å². The number of aromatic nitrogens is 2. The molecular weight excluding hydrogens is 254 g/mol. The van der Waals surface area contributed by atoms with Crippen LogP contribution < -0.4 is 5.32 Å². The Hall–Kier alpha value is -2.69. The van der Waals surface area contributed by atoms with Crippen LogP contribution in [0, 0.1) is 6.92 Å². The molecule has 0 saturated heterocycles. The predicted molar refractivity (Wildman–Crippen MR) is 74.2 cm³/mol. The maximum Gasteiger partial charge on any atom is 0.287 e. The van der Waals surface area contributed by atoms with Crippen LogP contribution in [0.1, 0.15) is 21.8 Å². The van der Waals surface area contributed by atoms with Gasteiger partial charge in [-0.25, -0.2) is 4.98 Å². The summed E-state index contributed by atoms with van der Waals surface area (Å²) in [5.74, 6) is 0.00602. The Balaban J connectivity index is 1.75. The van der Waals surface area contributed by atoms with Gasteiger partial charge in [0, 0.05) is 30.7 Å². The minimum Gasteiger partial charge on any atom is -0.449 e. The first-order valence-corrected chi connectivity index (χ1v) is 6.27. The first-order chi connectivity index (χ1) is 9.72. The average Bonchev–Trinajstić information content (AvgIpc) is 2.89. The number of carbonyl (C=O) groups excluding carboxylic acids is 1. The first kappa shape index (κ1) is 12.3. The second-order valence-corrected chi connectivity index (χ2v) is 4.49. The van der Waals surface area contributed by atoms with Crippen molar-refractivity contribution >= 4 is 17.0 Å². The molecule has 100 valence electrons. The molecule has 0 radical (unpaired) electrons. The van der Waals surface area contributed by atoms with Gasteiger partial charge in [-0.15, -0.1) is 0 Å². The molecule has 0 saturated carbocycles. The largest absolute Gasteiger partial charge is 0.449 e. The number of rotatable bonds is 3. The molecule has 0 atom stereocenters. The molecule has 3 aromatic heterocycles.